The average Bonchev–Trinajstić information content (AvgIpc) is 2.92. The quantitative estimate of drug-likeness (QED) is 0.374. The first kappa shape index (κ1) is 23.1. The van der Waals surface area contributed by atoms with Gasteiger partial charge in [0.25, 0.3) is 0 Å². The zero-order valence-corrected chi connectivity index (χ0v) is 18.8. The Labute approximate surface area is 192 Å². The van der Waals surface area contributed by atoms with E-state index in [2.05, 4.69) is 24.3 Å². The van der Waals surface area contributed by atoms with Crippen molar-refractivity contribution >= 4 is 41.0 Å². The number of carbonyl (C=O) groups excluding carboxylic acids is 2. The first-order valence-electron chi connectivity index (χ1n) is 10.2. The van der Waals surface area contributed by atoms with E-state index in [1.54, 1.807) is 18.2 Å². The third kappa shape index (κ3) is 6.19. The van der Waals surface area contributed by atoms with Gasteiger partial charge in [-0.15, -0.1) is 0 Å². The summed E-state index contributed by atoms with van der Waals surface area (Å²) >= 11 is 12.2. The number of fused-ring (bicyclic) bond motifs is 2. The molecule has 1 atom stereocenters. The van der Waals surface area contributed by atoms with Crippen molar-refractivity contribution in [2.75, 3.05) is 6.61 Å². The molecule has 0 aromatic heterocycles. The maximum atomic E-state index is 12.0. The summed E-state index contributed by atoms with van der Waals surface area (Å²) < 4.78 is 5.34. The van der Waals surface area contributed by atoms with Crippen LogP contribution in [0.2, 0.25) is 10.0 Å². The van der Waals surface area contributed by atoms with Crippen molar-refractivity contribution in [2.45, 2.75) is 44.9 Å². The summed E-state index contributed by atoms with van der Waals surface area (Å²) in [6, 6.07) is 13.7. The van der Waals surface area contributed by atoms with Gasteiger partial charge in [-0.3, -0.25) is 9.59 Å². The number of rotatable bonds is 7. The molecule has 0 fully saturated rings. The third-order valence-corrected chi connectivity index (χ3v) is 6.02. The molecule has 31 heavy (non-hydrogen) atoms. The highest BCUT2D eigenvalue weighted by atomic mass is 35.5. The zero-order chi connectivity index (χ0) is 22.4. The zero-order valence-electron chi connectivity index (χ0n) is 17.3. The summed E-state index contributed by atoms with van der Waals surface area (Å²) in [5, 5.41) is 10.7. The smallest absolute Gasteiger partial charge is 0.313 e. The second-order valence-electron chi connectivity index (χ2n) is 7.73. The predicted octanol–water partition coefficient (Wildman–Crippen LogP) is 6.09. The standard InChI is InChI=1S/C25H23Cl2NO3/c1-16(29)10-25(30)31-15-21(22(14-28)20-8-9-23(26)24(27)13-20)12-19-7-6-17-4-2-3-5-18(19)11-17/h6-9,11-13,22H,2-5,10,15H2,1H3/b21-12+. The van der Waals surface area contributed by atoms with E-state index in [-0.39, 0.29) is 18.8 Å². The van der Waals surface area contributed by atoms with Gasteiger partial charge in [0.2, 0.25) is 0 Å². The molecule has 1 aliphatic carbocycles. The molecule has 2 aromatic carbocycles. The number of ether oxygens (including phenoxy) is 1. The lowest BCUT2D eigenvalue weighted by atomic mass is 9.90. The van der Waals surface area contributed by atoms with Gasteiger partial charge in [-0.2, -0.15) is 5.26 Å². The number of hydrogen-bond acceptors (Lipinski definition) is 4. The van der Waals surface area contributed by atoms with Gasteiger partial charge in [-0.05, 0) is 72.6 Å². The molecule has 2 bridgehead atoms. The van der Waals surface area contributed by atoms with E-state index in [1.165, 1.54) is 18.1 Å². The fourth-order valence-electron chi connectivity index (χ4n) is 3.71. The number of nitriles is 1. The number of Topliss-reactive ketones (excluding diaryl/α,β-unsaturated/α-hetero) is 1. The fraction of sp³-hybridized carbons (Fsp3) is 0.320. The molecule has 0 amide bonds. The summed E-state index contributed by atoms with van der Waals surface area (Å²) in [6.07, 6.45) is 5.90. The van der Waals surface area contributed by atoms with Crippen molar-refractivity contribution in [3.05, 3.63) is 74.3 Å². The summed E-state index contributed by atoms with van der Waals surface area (Å²) in [5.41, 5.74) is 4.80. The fourth-order valence-corrected chi connectivity index (χ4v) is 4.01. The van der Waals surface area contributed by atoms with Crippen LogP contribution in [0.15, 0.2) is 42.0 Å². The summed E-state index contributed by atoms with van der Waals surface area (Å²) in [6.45, 7) is 1.24. The summed E-state index contributed by atoms with van der Waals surface area (Å²) in [5.74, 6) is -1.57. The predicted molar refractivity (Wildman–Crippen MR) is 122 cm³/mol. The van der Waals surface area contributed by atoms with Gasteiger partial charge in [-0.25, -0.2) is 0 Å². The lowest BCUT2D eigenvalue weighted by Gasteiger charge is -2.17. The molecule has 160 valence electrons. The molecule has 2 aromatic rings. The number of carbonyl (C=O) groups is 2. The molecule has 1 unspecified atom stereocenters. The van der Waals surface area contributed by atoms with Gasteiger partial charge in [-0.1, -0.05) is 53.5 Å². The Bertz CT molecular complexity index is 1070. The molecule has 1 aliphatic rings. The molecule has 0 heterocycles. The Balaban J connectivity index is 1.99. The van der Waals surface area contributed by atoms with Crippen LogP contribution in [0.25, 0.3) is 6.08 Å². The van der Waals surface area contributed by atoms with E-state index in [0.717, 1.165) is 31.2 Å². The maximum Gasteiger partial charge on any atom is 0.313 e. The van der Waals surface area contributed by atoms with Gasteiger partial charge in [0.1, 0.15) is 18.8 Å². The van der Waals surface area contributed by atoms with Crippen LogP contribution < -0.4 is 0 Å². The molecule has 4 nitrogen and oxygen atoms in total. The monoisotopic (exact) mass is 455 g/mol. The summed E-state index contributed by atoms with van der Waals surface area (Å²) in [4.78, 5) is 23.2. The summed E-state index contributed by atoms with van der Waals surface area (Å²) in [7, 11) is 0. The first-order valence-corrected chi connectivity index (χ1v) is 10.9. The maximum absolute atomic E-state index is 12.0. The normalized spacial score (nSPS) is 14.3. The highest BCUT2D eigenvalue weighted by Crippen LogP contribution is 2.32. The lowest BCUT2D eigenvalue weighted by molar-refractivity contribution is -0.144. The number of nitrogens with zero attached hydrogens (tertiary/aromatic N) is 1. The Morgan fingerprint density at radius 3 is 2.61 bits per heavy atom. The molecule has 0 spiro atoms. The highest BCUT2D eigenvalue weighted by molar-refractivity contribution is 6.42. The van der Waals surface area contributed by atoms with Crippen molar-refractivity contribution in [3.63, 3.8) is 0 Å². The molecule has 0 saturated carbocycles. The van der Waals surface area contributed by atoms with Crippen LogP contribution in [-0.4, -0.2) is 18.4 Å². The molecule has 0 N–H and O–H groups in total. The second-order valence-corrected chi connectivity index (χ2v) is 8.55. The Kier molecular flexibility index (Phi) is 7.90. The van der Waals surface area contributed by atoms with Crippen LogP contribution >= 0.6 is 23.2 Å². The molecule has 0 aliphatic heterocycles. The number of hydrogen-bond donors (Lipinski definition) is 0. The van der Waals surface area contributed by atoms with E-state index in [9.17, 15) is 14.9 Å². The van der Waals surface area contributed by atoms with Crippen LogP contribution in [0.3, 0.4) is 0 Å². The Hall–Kier alpha value is -2.61. The number of benzene rings is 2. The highest BCUT2D eigenvalue weighted by Gasteiger charge is 2.20. The van der Waals surface area contributed by atoms with Gasteiger partial charge in [0.05, 0.1) is 22.0 Å². The number of aryl methyl sites for hydroxylation is 2. The van der Waals surface area contributed by atoms with Crippen molar-refractivity contribution in [2.24, 2.45) is 0 Å². The lowest BCUT2D eigenvalue weighted by Crippen LogP contribution is -2.14. The van der Waals surface area contributed by atoms with Crippen molar-refractivity contribution in [1.82, 2.24) is 0 Å². The largest absolute Gasteiger partial charge is 0.461 e. The van der Waals surface area contributed by atoms with Crippen LogP contribution in [0.5, 0.6) is 0 Å². The molecule has 6 heteroatoms. The van der Waals surface area contributed by atoms with E-state index >= 15 is 0 Å². The van der Waals surface area contributed by atoms with Crippen LogP contribution in [-0.2, 0) is 27.2 Å². The SMILES string of the molecule is CC(=O)CC(=O)OC/C(=C\c1ccc2cc1CCCC2)C(C#N)c1ccc(Cl)c(Cl)c1. The van der Waals surface area contributed by atoms with Gasteiger partial charge >= 0.3 is 5.97 Å². The minimum Gasteiger partial charge on any atom is -0.461 e. The van der Waals surface area contributed by atoms with Crippen molar-refractivity contribution in [1.29, 1.82) is 5.26 Å². The van der Waals surface area contributed by atoms with Crippen molar-refractivity contribution < 1.29 is 14.3 Å². The Morgan fingerprint density at radius 2 is 1.90 bits per heavy atom. The molecule has 3 rings (SSSR count). The van der Waals surface area contributed by atoms with Crippen LogP contribution in [0.1, 0.15) is 54.4 Å². The topological polar surface area (TPSA) is 67.2 Å². The van der Waals surface area contributed by atoms with Gasteiger partial charge in [0, 0.05) is 0 Å². The van der Waals surface area contributed by atoms with Crippen LogP contribution in [0, 0.1) is 11.3 Å². The van der Waals surface area contributed by atoms with Gasteiger partial charge in [0.15, 0.2) is 0 Å². The first-order chi connectivity index (χ1) is 14.9. The van der Waals surface area contributed by atoms with E-state index < -0.39 is 11.9 Å². The minimum absolute atomic E-state index is 0.0915. The van der Waals surface area contributed by atoms with E-state index in [1.807, 2.05) is 6.08 Å². The van der Waals surface area contributed by atoms with Crippen LogP contribution in [0.4, 0.5) is 0 Å². The number of halogens is 2. The Morgan fingerprint density at radius 1 is 1.13 bits per heavy atom. The average molecular weight is 456 g/mol. The molecule has 0 saturated heterocycles. The van der Waals surface area contributed by atoms with E-state index in [4.69, 9.17) is 27.9 Å². The van der Waals surface area contributed by atoms with Crippen molar-refractivity contribution in [3.8, 4) is 6.07 Å². The van der Waals surface area contributed by atoms with Gasteiger partial charge < -0.3 is 4.74 Å². The second kappa shape index (κ2) is 10.6. The third-order valence-electron chi connectivity index (χ3n) is 5.28. The molecular weight excluding hydrogens is 433 g/mol. The molecule has 0 radical (unpaired) electrons. The number of ketones is 1. The minimum atomic E-state index is -0.683. The molecular formula is C25H23Cl2NO3. The van der Waals surface area contributed by atoms with E-state index in [0.29, 0.717) is 21.2 Å². The number of esters is 1.